The molecule has 3 aromatic rings. The van der Waals surface area contributed by atoms with Gasteiger partial charge in [-0.25, -0.2) is 8.42 Å². The van der Waals surface area contributed by atoms with Crippen LogP contribution in [0.2, 0.25) is 0 Å². The summed E-state index contributed by atoms with van der Waals surface area (Å²) in [6, 6.07) is 20.9. The van der Waals surface area contributed by atoms with Crippen LogP contribution in [-0.2, 0) is 14.8 Å². The Kier molecular flexibility index (Phi) is 6.39. The number of sulfonamides is 1. The zero-order valence-electron chi connectivity index (χ0n) is 16.1. The van der Waals surface area contributed by atoms with E-state index in [0.717, 1.165) is 19.9 Å². The molecular weight excluding hydrogens is 452 g/mol. The molecule has 0 saturated heterocycles. The number of aryl methyl sites for hydroxylation is 2. The third-order valence-corrected chi connectivity index (χ3v) is 6.87. The lowest BCUT2D eigenvalue weighted by molar-refractivity contribution is -0.114. The number of rotatable bonds is 6. The number of para-hydroxylation sites is 1. The molecule has 0 atom stereocenters. The van der Waals surface area contributed by atoms with Gasteiger partial charge in [0.2, 0.25) is 5.91 Å². The van der Waals surface area contributed by atoms with Gasteiger partial charge in [0, 0.05) is 4.47 Å². The first-order valence-corrected chi connectivity index (χ1v) is 11.2. The highest BCUT2D eigenvalue weighted by atomic mass is 79.9. The van der Waals surface area contributed by atoms with Crippen LogP contribution in [0.3, 0.4) is 0 Å². The molecule has 0 aromatic heterocycles. The summed E-state index contributed by atoms with van der Waals surface area (Å²) >= 11 is 3.39. The zero-order valence-corrected chi connectivity index (χ0v) is 18.5. The van der Waals surface area contributed by atoms with E-state index in [2.05, 4.69) is 21.2 Å². The summed E-state index contributed by atoms with van der Waals surface area (Å²) in [7, 11) is -3.93. The molecule has 1 N–H and O–H groups in total. The molecule has 0 aliphatic carbocycles. The number of hydrogen-bond acceptors (Lipinski definition) is 3. The second kappa shape index (κ2) is 8.80. The maximum Gasteiger partial charge on any atom is 0.264 e. The lowest BCUT2D eigenvalue weighted by Crippen LogP contribution is -2.38. The number of halogens is 1. The summed E-state index contributed by atoms with van der Waals surface area (Å²) in [5, 5.41) is 2.78. The predicted molar refractivity (Wildman–Crippen MR) is 120 cm³/mol. The Bertz CT molecular complexity index is 1130. The first kappa shape index (κ1) is 21.1. The molecule has 0 unspecified atom stereocenters. The number of carbonyl (C=O) groups is 1. The van der Waals surface area contributed by atoms with Crippen molar-refractivity contribution >= 4 is 43.2 Å². The highest BCUT2D eigenvalue weighted by Crippen LogP contribution is 2.28. The Balaban J connectivity index is 2.00. The van der Waals surface area contributed by atoms with Crippen LogP contribution in [0.4, 0.5) is 11.4 Å². The summed E-state index contributed by atoms with van der Waals surface area (Å²) < 4.78 is 28.7. The smallest absolute Gasteiger partial charge is 0.264 e. The number of nitrogens with zero attached hydrogens (tertiary/aromatic N) is 1. The van der Waals surface area contributed by atoms with E-state index in [1.165, 1.54) is 12.1 Å². The molecule has 7 heteroatoms. The predicted octanol–water partition coefficient (Wildman–Crippen LogP) is 4.90. The minimum absolute atomic E-state index is 0.134. The molecule has 0 spiro atoms. The zero-order chi connectivity index (χ0) is 21.0. The maximum atomic E-state index is 13.4. The highest BCUT2D eigenvalue weighted by molar-refractivity contribution is 9.10. The van der Waals surface area contributed by atoms with E-state index in [9.17, 15) is 13.2 Å². The van der Waals surface area contributed by atoms with Crippen molar-refractivity contribution in [2.45, 2.75) is 18.7 Å². The molecule has 0 saturated carbocycles. The quantitative estimate of drug-likeness (QED) is 0.554. The Labute approximate surface area is 179 Å². The van der Waals surface area contributed by atoms with Crippen LogP contribution in [0.5, 0.6) is 0 Å². The van der Waals surface area contributed by atoms with E-state index in [0.29, 0.717) is 11.4 Å². The van der Waals surface area contributed by atoms with Crippen LogP contribution >= 0.6 is 15.9 Å². The van der Waals surface area contributed by atoms with Crippen molar-refractivity contribution in [2.24, 2.45) is 0 Å². The Morgan fingerprint density at radius 2 is 1.62 bits per heavy atom. The van der Waals surface area contributed by atoms with Gasteiger partial charge < -0.3 is 5.32 Å². The largest absolute Gasteiger partial charge is 0.323 e. The normalized spacial score (nSPS) is 11.1. The fourth-order valence-corrected chi connectivity index (χ4v) is 4.77. The van der Waals surface area contributed by atoms with Gasteiger partial charge in [0.25, 0.3) is 10.0 Å². The van der Waals surface area contributed by atoms with Crippen LogP contribution < -0.4 is 9.62 Å². The molecule has 0 fully saturated rings. The van der Waals surface area contributed by atoms with Crippen molar-refractivity contribution in [3.05, 3.63) is 88.4 Å². The minimum atomic E-state index is -3.93. The van der Waals surface area contributed by atoms with Gasteiger partial charge >= 0.3 is 0 Å². The average Bonchev–Trinajstić information content (AvgIpc) is 2.70. The Morgan fingerprint density at radius 3 is 2.31 bits per heavy atom. The molecule has 5 nitrogen and oxygen atoms in total. The van der Waals surface area contributed by atoms with Crippen molar-refractivity contribution in [3.8, 4) is 0 Å². The third-order valence-electron chi connectivity index (χ3n) is 4.40. The van der Waals surface area contributed by atoms with Crippen molar-refractivity contribution in [2.75, 3.05) is 16.2 Å². The van der Waals surface area contributed by atoms with E-state index in [1.54, 1.807) is 42.5 Å². The molecule has 3 aromatic carbocycles. The molecule has 0 aliphatic heterocycles. The van der Waals surface area contributed by atoms with E-state index in [4.69, 9.17) is 0 Å². The maximum absolute atomic E-state index is 13.4. The number of nitrogens with one attached hydrogen (secondary N) is 1. The average molecular weight is 473 g/mol. The SMILES string of the molecule is Cc1ccc(C)c(N(CC(=O)Nc2ccccc2Br)S(=O)(=O)c2ccccc2)c1. The second-order valence-electron chi connectivity index (χ2n) is 6.64. The topological polar surface area (TPSA) is 66.5 Å². The summed E-state index contributed by atoms with van der Waals surface area (Å²) in [5.41, 5.74) is 2.74. The lowest BCUT2D eigenvalue weighted by atomic mass is 10.1. The third kappa shape index (κ3) is 4.86. The van der Waals surface area contributed by atoms with E-state index in [-0.39, 0.29) is 11.4 Å². The molecule has 150 valence electrons. The summed E-state index contributed by atoms with van der Waals surface area (Å²) in [4.78, 5) is 12.9. The number of carbonyl (C=O) groups excluding carboxylic acids is 1. The van der Waals surface area contributed by atoms with Gasteiger partial charge in [-0.05, 0) is 71.2 Å². The molecule has 29 heavy (non-hydrogen) atoms. The number of amides is 1. The van der Waals surface area contributed by atoms with Crippen LogP contribution in [-0.4, -0.2) is 20.9 Å². The second-order valence-corrected chi connectivity index (χ2v) is 9.36. The molecular formula is C22H21BrN2O3S. The van der Waals surface area contributed by atoms with E-state index in [1.807, 2.05) is 32.0 Å². The summed E-state index contributed by atoms with van der Waals surface area (Å²) in [6.07, 6.45) is 0. The Hall–Kier alpha value is -2.64. The van der Waals surface area contributed by atoms with Crippen LogP contribution in [0.25, 0.3) is 0 Å². The summed E-state index contributed by atoms with van der Waals surface area (Å²) in [6.45, 7) is 3.37. The van der Waals surface area contributed by atoms with Crippen molar-refractivity contribution in [1.82, 2.24) is 0 Å². The minimum Gasteiger partial charge on any atom is -0.323 e. The van der Waals surface area contributed by atoms with Gasteiger partial charge in [0.1, 0.15) is 6.54 Å². The fraction of sp³-hybridized carbons (Fsp3) is 0.136. The van der Waals surface area contributed by atoms with E-state index < -0.39 is 15.9 Å². The molecule has 0 heterocycles. The van der Waals surface area contributed by atoms with Crippen LogP contribution in [0, 0.1) is 13.8 Å². The fourth-order valence-electron chi connectivity index (χ4n) is 2.89. The number of benzene rings is 3. The first-order chi connectivity index (χ1) is 13.8. The highest BCUT2D eigenvalue weighted by Gasteiger charge is 2.28. The van der Waals surface area contributed by atoms with Crippen molar-refractivity contribution in [3.63, 3.8) is 0 Å². The molecule has 0 aliphatic rings. The van der Waals surface area contributed by atoms with Gasteiger partial charge in [0.05, 0.1) is 16.3 Å². The van der Waals surface area contributed by atoms with Gasteiger partial charge in [-0.3, -0.25) is 9.10 Å². The van der Waals surface area contributed by atoms with Crippen LogP contribution in [0.15, 0.2) is 82.2 Å². The monoisotopic (exact) mass is 472 g/mol. The first-order valence-electron chi connectivity index (χ1n) is 8.98. The van der Waals surface area contributed by atoms with Gasteiger partial charge in [-0.2, -0.15) is 0 Å². The molecule has 3 rings (SSSR count). The van der Waals surface area contributed by atoms with Gasteiger partial charge in [-0.1, -0.05) is 42.5 Å². The number of anilines is 2. The van der Waals surface area contributed by atoms with Crippen molar-refractivity contribution in [1.29, 1.82) is 0 Å². The van der Waals surface area contributed by atoms with Crippen molar-refractivity contribution < 1.29 is 13.2 Å². The number of hydrogen-bond donors (Lipinski definition) is 1. The van der Waals surface area contributed by atoms with Gasteiger partial charge in [-0.15, -0.1) is 0 Å². The van der Waals surface area contributed by atoms with Gasteiger partial charge in [0.15, 0.2) is 0 Å². The molecule has 0 radical (unpaired) electrons. The lowest BCUT2D eigenvalue weighted by Gasteiger charge is -2.26. The van der Waals surface area contributed by atoms with E-state index >= 15 is 0 Å². The Morgan fingerprint density at radius 1 is 0.966 bits per heavy atom. The molecule has 1 amide bonds. The molecule has 0 bridgehead atoms. The van der Waals surface area contributed by atoms with Crippen LogP contribution in [0.1, 0.15) is 11.1 Å². The summed E-state index contributed by atoms with van der Waals surface area (Å²) in [5.74, 6) is -0.433. The standard InChI is InChI=1S/C22H21BrN2O3S/c1-16-12-13-17(2)21(14-16)25(29(27,28)18-8-4-3-5-9-18)15-22(26)24-20-11-7-6-10-19(20)23/h3-14H,15H2,1-2H3,(H,24,26).